The number of carbonyl (C=O) groups excluding carboxylic acids is 1. The van der Waals surface area contributed by atoms with Crippen molar-refractivity contribution in [1.29, 1.82) is 0 Å². The summed E-state index contributed by atoms with van der Waals surface area (Å²) < 4.78 is 0. The Labute approximate surface area is 125 Å². The van der Waals surface area contributed by atoms with Gasteiger partial charge in [0.25, 0.3) is 0 Å². The van der Waals surface area contributed by atoms with Crippen LogP contribution < -0.4 is 5.73 Å². The van der Waals surface area contributed by atoms with Gasteiger partial charge in [0.1, 0.15) is 0 Å². The van der Waals surface area contributed by atoms with E-state index in [-0.39, 0.29) is 24.4 Å². The van der Waals surface area contributed by atoms with E-state index in [1.807, 2.05) is 4.90 Å². The van der Waals surface area contributed by atoms with Crippen LogP contribution >= 0.6 is 23.7 Å². The summed E-state index contributed by atoms with van der Waals surface area (Å²) in [5.74, 6) is 0.845. The zero-order chi connectivity index (χ0) is 13.1. The maximum Gasteiger partial charge on any atom is 0.227 e. The average Bonchev–Trinajstić information content (AvgIpc) is 2.75. The normalized spacial score (nSPS) is 17.9. The van der Waals surface area contributed by atoms with E-state index < -0.39 is 0 Å². The van der Waals surface area contributed by atoms with Gasteiger partial charge in [-0.3, -0.25) is 4.79 Å². The molecule has 0 spiro atoms. The third kappa shape index (κ3) is 4.48. The Kier molecular flexibility index (Phi) is 6.30. The second-order valence-corrected chi connectivity index (χ2v) is 6.64. The third-order valence-corrected chi connectivity index (χ3v) is 4.76. The summed E-state index contributed by atoms with van der Waals surface area (Å²) in [7, 11) is 0. The minimum absolute atomic E-state index is 0. The van der Waals surface area contributed by atoms with Crippen LogP contribution in [-0.4, -0.2) is 29.9 Å². The van der Waals surface area contributed by atoms with E-state index in [1.165, 1.54) is 9.75 Å². The van der Waals surface area contributed by atoms with E-state index in [0.29, 0.717) is 12.3 Å². The van der Waals surface area contributed by atoms with Gasteiger partial charge in [-0.1, -0.05) is 0 Å². The molecule has 1 unspecified atom stereocenters. The average molecular weight is 303 g/mol. The summed E-state index contributed by atoms with van der Waals surface area (Å²) in [4.78, 5) is 16.6. The molecule has 2 rings (SSSR count). The Balaban J connectivity index is 0.00000180. The summed E-state index contributed by atoms with van der Waals surface area (Å²) in [5.41, 5.74) is 5.91. The number of amides is 1. The molecule has 0 bridgehead atoms. The molecule has 1 aliphatic rings. The van der Waals surface area contributed by atoms with Crippen molar-refractivity contribution in [2.75, 3.05) is 13.1 Å². The van der Waals surface area contributed by atoms with Crippen LogP contribution in [0, 0.1) is 12.8 Å². The van der Waals surface area contributed by atoms with Crippen molar-refractivity contribution in [2.45, 2.75) is 39.2 Å². The number of nitrogens with two attached hydrogens (primary N) is 1. The van der Waals surface area contributed by atoms with Crippen molar-refractivity contribution in [1.82, 2.24) is 4.90 Å². The van der Waals surface area contributed by atoms with E-state index in [1.54, 1.807) is 11.3 Å². The van der Waals surface area contributed by atoms with Gasteiger partial charge in [0.15, 0.2) is 0 Å². The van der Waals surface area contributed by atoms with Crippen LogP contribution in [-0.2, 0) is 11.2 Å². The van der Waals surface area contributed by atoms with Crippen LogP contribution in [0.4, 0.5) is 0 Å². The lowest BCUT2D eigenvalue weighted by atomic mass is 9.91. The van der Waals surface area contributed by atoms with Crippen LogP contribution in [0.2, 0.25) is 0 Å². The SMILES string of the molecule is Cc1ccc(CC(=O)N2CCC(C(C)N)CC2)s1.Cl. The van der Waals surface area contributed by atoms with Crippen LogP contribution in [0.15, 0.2) is 12.1 Å². The zero-order valence-corrected chi connectivity index (χ0v) is 13.2. The molecular weight excluding hydrogens is 280 g/mol. The van der Waals surface area contributed by atoms with Crippen LogP contribution in [0.1, 0.15) is 29.5 Å². The lowest BCUT2D eigenvalue weighted by Gasteiger charge is -2.33. The van der Waals surface area contributed by atoms with E-state index in [0.717, 1.165) is 25.9 Å². The maximum atomic E-state index is 12.2. The van der Waals surface area contributed by atoms with E-state index in [2.05, 4.69) is 26.0 Å². The van der Waals surface area contributed by atoms with Gasteiger partial charge in [-0.15, -0.1) is 23.7 Å². The second kappa shape index (κ2) is 7.27. The van der Waals surface area contributed by atoms with Crippen molar-refractivity contribution in [3.8, 4) is 0 Å². The van der Waals surface area contributed by atoms with Gasteiger partial charge in [-0.25, -0.2) is 0 Å². The molecule has 0 aliphatic carbocycles. The fourth-order valence-electron chi connectivity index (χ4n) is 2.52. The first-order valence-electron chi connectivity index (χ1n) is 6.65. The van der Waals surface area contributed by atoms with E-state index >= 15 is 0 Å². The van der Waals surface area contributed by atoms with E-state index in [4.69, 9.17) is 5.73 Å². The lowest BCUT2D eigenvalue weighted by Crippen LogP contribution is -2.43. The molecule has 0 radical (unpaired) electrons. The number of piperidine rings is 1. The Bertz CT molecular complexity index is 411. The summed E-state index contributed by atoms with van der Waals surface area (Å²) in [6, 6.07) is 4.39. The lowest BCUT2D eigenvalue weighted by molar-refractivity contribution is -0.131. The first kappa shape index (κ1) is 16.5. The molecule has 5 heteroatoms. The minimum Gasteiger partial charge on any atom is -0.342 e. The van der Waals surface area contributed by atoms with Gasteiger partial charge in [0.2, 0.25) is 5.91 Å². The molecule has 1 fully saturated rings. The highest BCUT2D eigenvalue weighted by Crippen LogP contribution is 2.21. The number of aryl methyl sites for hydroxylation is 1. The molecule has 1 saturated heterocycles. The first-order valence-corrected chi connectivity index (χ1v) is 7.46. The number of thiophene rings is 1. The van der Waals surface area contributed by atoms with Gasteiger partial charge in [0, 0.05) is 28.9 Å². The number of hydrogen-bond donors (Lipinski definition) is 1. The number of rotatable bonds is 3. The van der Waals surface area contributed by atoms with Crippen molar-refractivity contribution in [2.24, 2.45) is 11.7 Å². The smallest absolute Gasteiger partial charge is 0.227 e. The first-order chi connectivity index (χ1) is 8.56. The molecule has 1 aromatic rings. The van der Waals surface area contributed by atoms with Crippen molar-refractivity contribution in [3.05, 3.63) is 21.9 Å². The molecule has 1 aromatic heterocycles. The maximum absolute atomic E-state index is 12.2. The topological polar surface area (TPSA) is 46.3 Å². The monoisotopic (exact) mass is 302 g/mol. The van der Waals surface area contributed by atoms with Crippen molar-refractivity contribution < 1.29 is 4.79 Å². The van der Waals surface area contributed by atoms with Crippen molar-refractivity contribution >= 4 is 29.7 Å². The van der Waals surface area contributed by atoms with Gasteiger partial charge < -0.3 is 10.6 Å². The summed E-state index contributed by atoms with van der Waals surface area (Å²) >= 11 is 1.72. The van der Waals surface area contributed by atoms with Gasteiger partial charge in [0.05, 0.1) is 6.42 Å². The van der Waals surface area contributed by atoms with Gasteiger partial charge >= 0.3 is 0 Å². The zero-order valence-electron chi connectivity index (χ0n) is 11.6. The van der Waals surface area contributed by atoms with E-state index in [9.17, 15) is 4.79 Å². The molecule has 0 saturated carbocycles. The predicted molar refractivity (Wildman–Crippen MR) is 83.0 cm³/mol. The largest absolute Gasteiger partial charge is 0.342 e. The fraction of sp³-hybridized carbons (Fsp3) is 0.643. The number of nitrogens with zero attached hydrogens (tertiary/aromatic N) is 1. The molecular formula is C14H23ClN2OS. The minimum atomic E-state index is 0. The molecule has 1 atom stereocenters. The second-order valence-electron chi connectivity index (χ2n) is 5.27. The molecule has 1 amide bonds. The molecule has 0 aromatic carbocycles. The third-order valence-electron chi connectivity index (χ3n) is 3.76. The quantitative estimate of drug-likeness (QED) is 0.933. The Hall–Kier alpha value is -0.580. The van der Waals surface area contributed by atoms with Crippen LogP contribution in [0.3, 0.4) is 0 Å². The summed E-state index contributed by atoms with van der Waals surface area (Å²) in [6.45, 7) is 5.88. The highest BCUT2D eigenvalue weighted by molar-refractivity contribution is 7.12. The highest BCUT2D eigenvalue weighted by atomic mass is 35.5. The number of hydrogen-bond acceptors (Lipinski definition) is 3. The molecule has 3 nitrogen and oxygen atoms in total. The molecule has 2 N–H and O–H groups in total. The van der Waals surface area contributed by atoms with Crippen molar-refractivity contribution in [3.63, 3.8) is 0 Å². The molecule has 108 valence electrons. The Morgan fingerprint density at radius 3 is 2.58 bits per heavy atom. The fourth-order valence-corrected chi connectivity index (χ4v) is 3.40. The molecule has 2 heterocycles. The predicted octanol–water partition coefficient (Wildman–Crippen LogP) is 2.61. The van der Waals surface area contributed by atoms with Gasteiger partial charge in [-0.2, -0.15) is 0 Å². The number of halogens is 1. The summed E-state index contributed by atoms with van der Waals surface area (Å²) in [6.07, 6.45) is 2.65. The molecule has 1 aliphatic heterocycles. The number of likely N-dealkylation sites (tertiary alicyclic amines) is 1. The summed E-state index contributed by atoms with van der Waals surface area (Å²) in [5, 5.41) is 0. The standard InChI is InChI=1S/C14H22N2OS.ClH/c1-10-3-4-13(18-10)9-14(17)16-7-5-12(6-8-16)11(2)15;/h3-4,11-12H,5-9,15H2,1-2H3;1H. The molecule has 19 heavy (non-hydrogen) atoms. The Morgan fingerprint density at radius 2 is 2.11 bits per heavy atom. The van der Waals surface area contributed by atoms with Crippen LogP contribution in [0.25, 0.3) is 0 Å². The number of carbonyl (C=O) groups is 1. The van der Waals surface area contributed by atoms with Crippen LogP contribution in [0.5, 0.6) is 0 Å². The Morgan fingerprint density at radius 1 is 1.47 bits per heavy atom. The van der Waals surface area contributed by atoms with Gasteiger partial charge in [-0.05, 0) is 44.7 Å². The highest BCUT2D eigenvalue weighted by Gasteiger charge is 2.24.